The first-order chi connectivity index (χ1) is 10.7. The van der Waals surface area contributed by atoms with Crippen molar-refractivity contribution in [2.45, 2.75) is 19.8 Å². The van der Waals surface area contributed by atoms with Gasteiger partial charge in [-0.25, -0.2) is 9.78 Å². The highest BCUT2D eigenvalue weighted by molar-refractivity contribution is 6.09. The standard InChI is InChI=1S/C16H14N4O2/c1-2-3-6-22-16(21)14-8-12-11-7-10(20-17)4-5-13(11)19-15(12)9-18-14/h4-5,7-9H,2-3,6H2,1H3/p+1. The summed E-state index contributed by atoms with van der Waals surface area (Å²) in [6, 6.07) is 6.97. The smallest absolute Gasteiger partial charge is 0.385 e. The molecule has 0 aliphatic rings. The molecular formula is C16H15N4O2+. The molecule has 0 saturated carbocycles. The predicted molar refractivity (Wildman–Crippen MR) is 83.5 cm³/mol. The summed E-state index contributed by atoms with van der Waals surface area (Å²) in [6.07, 6.45) is 3.42. The van der Waals surface area contributed by atoms with Crippen molar-refractivity contribution in [2.75, 3.05) is 6.61 Å². The number of unbranched alkanes of at least 4 members (excludes halogenated alkanes) is 1. The Hall–Kier alpha value is -2.94. The van der Waals surface area contributed by atoms with Crippen LogP contribution in [0.2, 0.25) is 0 Å². The van der Waals surface area contributed by atoms with E-state index in [0.29, 0.717) is 12.3 Å². The van der Waals surface area contributed by atoms with Crippen LogP contribution in [0, 0.1) is 5.39 Å². The maximum absolute atomic E-state index is 12.0. The number of nitrogens with zero attached hydrogens (tertiary/aromatic N) is 3. The Balaban J connectivity index is 2.02. The van der Waals surface area contributed by atoms with E-state index in [1.165, 1.54) is 0 Å². The summed E-state index contributed by atoms with van der Waals surface area (Å²) in [7, 11) is 0. The van der Waals surface area contributed by atoms with Crippen molar-refractivity contribution in [1.82, 2.24) is 9.97 Å². The van der Waals surface area contributed by atoms with Crippen molar-refractivity contribution >= 4 is 33.5 Å². The molecule has 0 fully saturated rings. The highest BCUT2D eigenvalue weighted by Crippen LogP contribution is 2.29. The van der Waals surface area contributed by atoms with Gasteiger partial charge in [-0.15, -0.1) is 0 Å². The lowest BCUT2D eigenvalue weighted by molar-refractivity contribution is 0.0493. The van der Waals surface area contributed by atoms with Gasteiger partial charge in [-0.2, -0.15) is 0 Å². The zero-order valence-corrected chi connectivity index (χ0v) is 12.2. The van der Waals surface area contributed by atoms with Crippen molar-refractivity contribution in [3.05, 3.63) is 41.1 Å². The van der Waals surface area contributed by atoms with E-state index in [4.69, 9.17) is 10.1 Å². The van der Waals surface area contributed by atoms with Gasteiger partial charge in [0.25, 0.3) is 0 Å². The molecule has 1 aromatic carbocycles. The van der Waals surface area contributed by atoms with Crippen molar-refractivity contribution in [3.8, 4) is 0 Å². The number of aromatic nitrogens is 2. The molecule has 6 heteroatoms. The van der Waals surface area contributed by atoms with Crippen molar-refractivity contribution < 1.29 is 9.53 Å². The number of nitrogens with one attached hydrogen (secondary N) is 1. The third-order valence-corrected chi connectivity index (χ3v) is 3.52. The molecule has 0 aliphatic heterocycles. The Morgan fingerprint density at radius 1 is 1.32 bits per heavy atom. The Morgan fingerprint density at radius 2 is 2.14 bits per heavy atom. The van der Waals surface area contributed by atoms with E-state index in [2.05, 4.69) is 14.9 Å². The lowest BCUT2D eigenvalue weighted by Gasteiger charge is -2.03. The first kappa shape index (κ1) is 14.0. The Morgan fingerprint density at radius 3 is 2.91 bits per heavy atom. The summed E-state index contributed by atoms with van der Waals surface area (Å²) in [6.45, 7) is 2.43. The van der Waals surface area contributed by atoms with Crippen molar-refractivity contribution in [2.24, 2.45) is 0 Å². The van der Waals surface area contributed by atoms with Gasteiger partial charge in [0.1, 0.15) is 5.69 Å². The molecule has 3 rings (SSSR count). The van der Waals surface area contributed by atoms with Gasteiger partial charge in [-0.1, -0.05) is 13.3 Å². The Kier molecular flexibility index (Phi) is 3.71. The van der Waals surface area contributed by atoms with E-state index in [0.717, 1.165) is 34.6 Å². The molecule has 2 aromatic heterocycles. The van der Waals surface area contributed by atoms with Crippen molar-refractivity contribution in [3.63, 3.8) is 0 Å². The molecule has 0 spiro atoms. The molecule has 0 saturated heterocycles. The molecule has 1 N–H and O–H groups in total. The van der Waals surface area contributed by atoms with Crippen LogP contribution in [0.4, 0.5) is 5.69 Å². The van der Waals surface area contributed by atoms with Gasteiger partial charge in [0, 0.05) is 28.4 Å². The fraction of sp³-hybridized carbons (Fsp3) is 0.250. The lowest BCUT2D eigenvalue weighted by atomic mass is 10.1. The average Bonchev–Trinajstić information content (AvgIpc) is 2.91. The summed E-state index contributed by atoms with van der Waals surface area (Å²) >= 11 is 0. The number of ether oxygens (including phenoxy) is 1. The molecule has 0 atom stereocenters. The molecule has 0 radical (unpaired) electrons. The lowest BCUT2D eigenvalue weighted by Crippen LogP contribution is -2.08. The third kappa shape index (κ3) is 2.49. The van der Waals surface area contributed by atoms with Crippen LogP contribution in [0.3, 0.4) is 0 Å². The quantitative estimate of drug-likeness (QED) is 0.445. The van der Waals surface area contributed by atoms with E-state index in [1.807, 2.05) is 13.0 Å². The van der Waals surface area contributed by atoms with Crippen LogP contribution in [0.15, 0.2) is 30.5 Å². The minimum absolute atomic E-state index is 0.274. The van der Waals surface area contributed by atoms with E-state index in [9.17, 15) is 4.79 Å². The number of carbonyl (C=O) groups is 1. The molecule has 110 valence electrons. The van der Waals surface area contributed by atoms with Crippen LogP contribution in [0.25, 0.3) is 26.8 Å². The molecule has 6 nitrogen and oxygen atoms in total. The zero-order valence-electron chi connectivity index (χ0n) is 12.2. The molecular weight excluding hydrogens is 280 g/mol. The average molecular weight is 295 g/mol. The number of hydrogen-bond acceptors (Lipinski definition) is 4. The summed E-state index contributed by atoms with van der Waals surface area (Å²) < 4.78 is 5.18. The van der Waals surface area contributed by atoms with Crippen LogP contribution in [0.1, 0.15) is 30.3 Å². The Labute approximate surface area is 126 Å². The summed E-state index contributed by atoms with van der Waals surface area (Å²) in [5.41, 5.74) is 2.43. The second-order valence-electron chi connectivity index (χ2n) is 5.06. The molecule has 0 aliphatic carbocycles. The number of diazo groups is 1. The van der Waals surface area contributed by atoms with Gasteiger partial charge >= 0.3 is 11.7 Å². The molecule has 22 heavy (non-hydrogen) atoms. The van der Waals surface area contributed by atoms with Crippen LogP contribution >= 0.6 is 0 Å². The van der Waals surface area contributed by atoms with Crippen LogP contribution in [0.5, 0.6) is 0 Å². The highest BCUT2D eigenvalue weighted by atomic mass is 16.5. The monoisotopic (exact) mass is 295 g/mol. The Bertz CT molecular complexity index is 892. The topological polar surface area (TPSA) is 83.1 Å². The van der Waals surface area contributed by atoms with E-state index >= 15 is 0 Å². The fourth-order valence-corrected chi connectivity index (χ4v) is 2.34. The molecule has 2 heterocycles. The van der Waals surface area contributed by atoms with Gasteiger partial charge in [0.2, 0.25) is 5.39 Å². The number of carbonyl (C=O) groups excluding carboxylic acids is 1. The molecule has 0 amide bonds. The molecule has 3 aromatic rings. The normalized spacial score (nSPS) is 10.7. The highest BCUT2D eigenvalue weighted by Gasteiger charge is 2.14. The van der Waals surface area contributed by atoms with Gasteiger partial charge < -0.3 is 9.72 Å². The summed E-state index contributed by atoms with van der Waals surface area (Å²) in [5, 5.41) is 10.6. The summed E-state index contributed by atoms with van der Waals surface area (Å²) in [4.78, 5) is 22.5. The van der Waals surface area contributed by atoms with Gasteiger partial charge in [-0.05, 0) is 18.6 Å². The summed E-state index contributed by atoms with van der Waals surface area (Å²) in [5.74, 6) is -0.423. The minimum Gasteiger partial charge on any atom is -0.461 e. The first-order valence-corrected chi connectivity index (χ1v) is 7.16. The van der Waals surface area contributed by atoms with Crippen LogP contribution < -0.4 is 0 Å². The van der Waals surface area contributed by atoms with Crippen molar-refractivity contribution in [1.29, 1.82) is 5.39 Å². The van der Waals surface area contributed by atoms with Gasteiger partial charge in [0.05, 0.1) is 18.3 Å². The fourth-order valence-electron chi connectivity index (χ4n) is 2.34. The second kappa shape index (κ2) is 5.82. The van der Waals surface area contributed by atoms with Crippen LogP contribution in [-0.4, -0.2) is 22.5 Å². The molecule has 0 unspecified atom stereocenters. The first-order valence-electron chi connectivity index (χ1n) is 7.16. The largest absolute Gasteiger partial charge is 0.461 e. The second-order valence-corrected chi connectivity index (χ2v) is 5.06. The van der Waals surface area contributed by atoms with E-state index in [-0.39, 0.29) is 5.69 Å². The number of aromatic amines is 1. The van der Waals surface area contributed by atoms with Crippen LogP contribution in [-0.2, 0) is 4.74 Å². The van der Waals surface area contributed by atoms with Gasteiger partial charge in [0.15, 0.2) is 4.98 Å². The zero-order chi connectivity index (χ0) is 15.5. The SMILES string of the molecule is CCCCOC(=O)c1cc2c(cn1)[nH]c1ccc([N+]#N)cc12. The number of pyridine rings is 1. The number of H-pyrrole nitrogens is 1. The van der Waals surface area contributed by atoms with Gasteiger partial charge in [-0.3, -0.25) is 0 Å². The number of benzene rings is 1. The number of rotatable bonds is 4. The number of fused-ring (bicyclic) bond motifs is 3. The number of hydrogen-bond donors (Lipinski definition) is 1. The minimum atomic E-state index is -0.423. The third-order valence-electron chi connectivity index (χ3n) is 3.52. The number of esters is 1. The maximum atomic E-state index is 12.0. The van der Waals surface area contributed by atoms with E-state index < -0.39 is 5.97 Å². The maximum Gasteiger partial charge on any atom is 0.385 e. The predicted octanol–water partition coefficient (Wildman–Crippen LogP) is 4.16. The molecule has 0 bridgehead atoms. The van der Waals surface area contributed by atoms with E-state index in [1.54, 1.807) is 24.4 Å².